The molecule has 0 aliphatic rings. The van der Waals surface area contributed by atoms with Gasteiger partial charge in [-0.1, -0.05) is 0 Å². The van der Waals surface area contributed by atoms with Crippen molar-refractivity contribution in [2.24, 2.45) is 0 Å². The third-order valence-electron chi connectivity index (χ3n) is 2.21. The van der Waals surface area contributed by atoms with Crippen LogP contribution in [0.3, 0.4) is 0 Å². The minimum Gasteiger partial charge on any atom is -0.481 e. The maximum absolute atomic E-state index is 10.5. The van der Waals surface area contributed by atoms with Crippen LogP contribution in [0.4, 0.5) is 5.69 Å². The van der Waals surface area contributed by atoms with Crippen molar-refractivity contribution in [3.63, 3.8) is 0 Å². The smallest absolute Gasteiger partial charge is 0.309 e. The molecule has 0 saturated heterocycles. The highest BCUT2D eigenvalue weighted by molar-refractivity contribution is 5.84. The van der Waals surface area contributed by atoms with Crippen LogP contribution >= 0.6 is 0 Å². The Morgan fingerprint density at radius 1 is 1.44 bits per heavy atom. The number of H-pyrrole nitrogens is 1. The highest BCUT2D eigenvalue weighted by Gasteiger charge is 2.09. The number of aromatic nitrogens is 1. The van der Waals surface area contributed by atoms with Gasteiger partial charge in [0.05, 0.1) is 11.3 Å². The Kier molecular flexibility index (Phi) is 2.32. The normalized spacial score (nSPS) is 10.5. The number of aliphatic carboxylic acids is 1. The maximum Gasteiger partial charge on any atom is 0.309 e. The van der Waals surface area contributed by atoms with Crippen LogP contribution in [0.5, 0.6) is 0 Å². The lowest BCUT2D eigenvalue weighted by atomic mass is 10.2. The molecule has 2 N–H and O–H groups in total. The third kappa shape index (κ3) is 1.85. The maximum atomic E-state index is 10.5. The topological polar surface area (TPSA) is 96.2 Å². The summed E-state index contributed by atoms with van der Waals surface area (Å²) in [7, 11) is 0. The van der Waals surface area contributed by atoms with E-state index >= 15 is 0 Å². The van der Waals surface area contributed by atoms with Crippen molar-refractivity contribution in [1.29, 1.82) is 0 Å². The molecule has 0 saturated carbocycles. The average molecular weight is 220 g/mol. The first-order chi connectivity index (χ1) is 7.56. The first-order valence-electron chi connectivity index (χ1n) is 4.54. The zero-order valence-corrected chi connectivity index (χ0v) is 8.14. The van der Waals surface area contributed by atoms with Gasteiger partial charge in [-0.2, -0.15) is 0 Å². The zero-order valence-electron chi connectivity index (χ0n) is 8.14. The number of non-ortho nitro benzene ring substituents is 1. The summed E-state index contributed by atoms with van der Waals surface area (Å²) < 4.78 is 0. The molecule has 0 spiro atoms. The van der Waals surface area contributed by atoms with Crippen molar-refractivity contribution in [3.8, 4) is 0 Å². The summed E-state index contributed by atoms with van der Waals surface area (Å²) in [5, 5.41) is 19.8. The summed E-state index contributed by atoms with van der Waals surface area (Å²) in [4.78, 5) is 23.4. The Labute approximate surface area is 89.7 Å². The second-order valence-corrected chi connectivity index (χ2v) is 3.39. The number of carboxylic acid groups (broad SMARTS) is 1. The Balaban J connectivity index is 2.45. The molecule has 2 aromatic rings. The molecular weight excluding hydrogens is 212 g/mol. The predicted molar refractivity (Wildman–Crippen MR) is 56.3 cm³/mol. The Morgan fingerprint density at radius 2 is 2.19 bits per heavy atom. The number of benzene rings is 1. The van der Waals surface area contributed by atoms with Gasteiger partial charge in [-0.3, -0.25) is 14.9 Å². The van der Waals surface area contributed by atoms with Crippen LogP contribution < -0.4 is 0 Å². The van der Waals surface area contributed by atoms with E-state index in [1.165, 1.54) is 12.1 Å². The van der Waals surface area contributed by atoms with Gasteiger partial charge in [-0.05, 0) is 12.1 Å². The molecule has 0 aliphatic carbocycles. The molecule has 0 bridgehead atoms. The minimum absolute atomic E-state index is 0.00613. The van der Waals surface area contributed by atoms with Crippen LogP contribution in [0.2, 0.25) is 0 Å². The fourth-order valence-electron chi connectivity index (χ4n) is 1.55. The molecule has 82 valence electrons. The molecule has 2 rings (SSSR count). The Morgan fingerprint density at radius 3 is 2.81 bits per heavy atom. The minimum atomic E-state index is -0.943. The van der Waals surface area contributed by atoms with Gasteiger partial charge in [0.25, 0.3) is 5.69 Å². The number of rotatable bonds is 3. The van der Waals surface area contributed by atoms with Gasteiger partial charge in [-0.25, -0.2) is 0 Å². The van der Waals surface area contributed by atoms with Crippen molar-refractivity contribution < 1.29 is 14.8 Å². The molecule has 6 heteroatoms. The highest BCUT2D eigenvalue weighted by Crippen LogP contribution is 2.21. The van der Waals surface area contributed by atoms with Crippen LogP contribution in [-0.2, 0) is 11.2 Å². The lowest BCUT2D eigenvalue weighted by molar-refractivity contribution is -0.384. The van der Waals surface area contributed by atoms with Crippen LogP contribution in [0.1, 0.15) is 5.69 Å². The third-order valence-corrected chi connectivity index (χ3v) is 2.21. The number of nitrogens with one attached hydrogen (secondary N) is 1. The van der Waals surface area contributed by atoms with Gasteiger partial charge in [0.15, 0.2) is 0 Å². The molecule has 0 aliphatic heterocycles. The summed E-state index contributed by atoms with van der Waals surface area (Å²) in [5.74, 6) is -0.943. The van der Waals surface area contributed by atoms with E-state index in [-0.39, 0.29) is 12.1 Å². The molecule has 1 aromatic heterocycles. The number of aromatic amines is 1. The summed E-state index contributed by atoms with van der Waals surface area (Å²) in [6.45, 7) is 0. The fraction of sp³-hybridized carbons (Fsp3) is 0.100. The number of fused-ring (bicyclic) bond motifs is 1. The van der Waals surface area contributed by atoms with Crippen LogP contribution in [0, 0.1) is 10.1 Å². The van der Waals surface area contributed by atoms with Crippen molar-refractivity contribution in [2.45, 2.75) is 6.42 Å². The average Bonchev–Trinajstić information content (AvgIpc) is 2.56. The number of hydrogen-bond acceptors (Lipinski definition) is 3. The molecule has 6 nitrogen and oxygen atoms in total. The van der Waals surface area contributed by atoms with Gasteiger partial charge in [0.1, 0.15) is 0 Å². The number of nitro benzene ring substituents is 1. The van der Waals surface area contributed by atoms with Crippen molar-refractivity contribution in [1.82, 2.24) is 4.98 Å². The molecule has 0 radical (unpaired) electrons. The first-order valence-corrected chi connectivity index (χ1v) is 4.54. The summed E-state index contributed by atoms with van der Waals surface area (Å²) in [6, 6.07) is 5.97. The molecule has 1 heterocycles. The Bertz CT molecular complexity index is 573. The van der Waals surface area contributed by atoms with Crippen molar-refractivity contribution in [2.75, 3.05) is 0 Å². The van der Waals surface area contributed by atoms with E-state index in [0.717, 1.165) is 0 Å². The molecule has 16 heavy (non-hydrogen) atoms. The van der Waals surface area contributed by atoms with Gasteiger partial charge < -0.3 is 10.1 Å². The second-order valence-electron chi connectivity index (χ2n) is 3.39. The number of carbonyl (C=O) groups is 1. The molecule has 0 fully saturated rings. The quantitative estimate of drug-likeness (QED) is 0.607. The molecular formula is C10H8N2O4. The lowest BCUT2D eigenvalue weighted by Gasteiger charge is -1.90. The molecule has 0 unspecified atom stereocenters. The molecule has 0 amide bonds. The summed E-state index contributed by atoms with van der Waals surface area (Å²) in [5.41, 5.74) is 1.22. The van der Waals surface area contributed by atoms with Crippen LogP contribution in [0.15, 0.2) is 24.3 Å². The largest absolute Gasteiger partial charge is 0.481 e. The number of hydrogen-bond donors (Lipinski definition) is 2. The first kappa shape index (κ1) is 10.2. The standard InChI is InChI=1S/C10H8N2O4/c13-10(14)5-7-3-6-4-8(12(15)16)1-2-9(6)11-7/h1-4,11H,5H2,(H,13,14). The van der Waals surface area contributed by atoms with Crippen LogP contribution in [-0.4, -0.2) is 21.0 Å². The fourth-order valence-corrected chi connectivity index (χ4v) is 1.55. The van der Waals surface area contributed by atoms with Gasteiger partial charge in [0, 0.05) is 28.7 Å². The number of nitro groups is 1. The SMILES string of the molecule is O=C(O)Cc1cc2cc([N+](=O)[O-])ccc2[nH]1. The number of nitrogens with zero attached hydrogens (tertiary/aromatic N) is 1. The van der Waals surface area contributed by atoms with E-state index in [1.54, 1.807) is 12.1 Å². The summed E-state index contributed by atoms with van der Waals surface area (Å²) >= 11 is 0. The van der Waals surface area contributed by atoms with E-state index < -0.39 is 10.9 Å². The van der Waals surface area contributed by atoms with Gasteiger partial charge >= 0.3 is 5.97 Å². The van der Waals surface area contributed by atoms with E-state index in [4.69, 9.17) is 5.11 Å². The Hall–Kier alpha value is -2.37. The predicted octanol–water partition coefficient (Wildman–Crippen LogP) is 1.70. The van der Waals surface area contributed by atoms with E-state index in [0.29, 0.717) is 16.6 Å². The van der Waals surface area contributed by atoms with Crippen molar-refractivity contribution >= 4 is 22.6 Å². The monoisotopic (exact) mass is 220 g/mol. The zero-order chi connectivity index (χ0) is 11.7. The molecule has 1 aromatic carbocycles. The van der Waals surface area contributed by atoms with E-state index in [2.05, 4.69) is 4.98 Å². The van der Waals surface area contributed by atoms with Crippen molar-refractivity contribution in [3.05, 3.63) is 40.1 Å². The second kappa shape index (κ2) is 3.65. The number of carboxylic acids is 1. The summed E-state index contributed by atoms with van der Waals surface area (Å²) in [6.07, 6.45) is -0.123. The van der Waals surface area contributed by atoms with Gasteiger partial charge in [0.2, 0.25) is 0 Å². The lowest BCUT2D eigenvalue weighted by Crippen LogP contribution is -1.99. The molecule has 0 atom stereocenters. The van der Waals surface area contributed by atoms with E-state index in [9.17, 15) is 14.9 Å². The highest BCUT2D eigenvalue weighted by atomic mass is 16.6. The van der Waals surface area contributed by atoms with Gasteiger partial charge in [-0.15, -0.1) is 0 Å². The van der Waals surface area contributed by atoms with E-state index in [1.807, 2.05) is 0 Å². The van der Waals surface area contributed by atoms with Crippen LogP contribution in [0.25, 0.3) is 10.9 Å².